The number of aryl methyl sites for hydroxylation is 1. The van der Waals surface area contributed by atoms with Crippen molar-refractivity contribution in [3.8, 4) is 16.9 Å². The quantitative estimate of drug-likeness (QED) is 0.124. The number of unbranched alkanes of at least 4 members (excludes halogenated alkanes) is 6. The standard InChI is InChI=1S/C39H42N2O4/c1-3-5-7-8-9-10-13-27-16-18-28(19-17-27)29-20-22-30(23-21-29)45-39(44)41-34-25-24-33(40-26-6-4-2)35-36(34)38(43)32-15-12-11-14-31(32)37(35)42/h11-12,14-25,40H,3-10,13,26H2,1-2H3,(H,41,44). The molecule has 0 aromatic heterocycles. The predicted octanol–water partition coefficient (Wildman–Crippen LogP) is 9.85. The zero-order chi connectivity index (χ0) is 31.6. The third-order valence-electron chi connectivity index (χ3n) is 8.33. The van der Waals surface area contributed by atoms with Crippen LogP contribution in [0.25, 0.3) is 11.1 Å². The Morgan fingerprint density at radius 1 is 0.622 bits per heavy atom. The van der Waals surface area contributed by atoms with Gasteiger partial charge >= 0.3 is 6.09 Å². The summed E-state index contributed by atoms with van der Waals surface area (Å²) in [5.41, 5.74) is 5.42. The molecular formula is C39H42N2O4. The summed E-state index contributed by atoms with van der Waals surface area (Å²) in [6.45, 7) is 5.00. The number of fused-ring (bicyclic) bond motifs is 2. The number of nitrogens with one attached hydrogen (secondary N) is 2. The van der Waals surface area contributed by atoms with Crippen LogP contribution in [0.15, 0.2) is 84.9 Å². The van der Waals surface area contributed by atoms with E-state index >= 15 is 0 Å². The van der Waals surface area contributed by atoms with Crippen LogP contribution in [0.1, 0.15) is 103 Å². The highest BCUT2D eigenvalue weighted by Gasteiger charge is 2.34. The van der Waals surface area contributed by atoms with E-state index in [0.29, 0.717) is 29.1 Å². The summed E-state index contributed by atoms with van der Waals surface area (Å²) in [7, 11) is 0. The molecule has 0 atom stereocenters. The van der Waals surface area contributed by atoms with Crippen LogP contribution in [0.2, 0.25) is 0 Å². The van der Waals surface area contributed by atoms with Gasteiger partial charge in [0.05, 0.1) is 16.8 Å². The van der Waals surface area contributed by atoms with Gasteiger partial charge < -0.3 is 10.1 Å². The van der Waals surface area contributed by atoms with Crippen LogP contribution >= 0.6 is 0 Å². The van der Waals surface area contributed by atoms with E-state index in [-0.39, 0.29) is 28.4 Å². The summed E-state index contributed by atoms with van der Waals surface area (Å²) in [6, 6.07) is 26.1. The SMILES string of the molecule is CCCCCCCCc1ccc(-c2ccc(OC(=O)Nc3ccc(NCCCC)c4c3C(=O)c3ccccc3C4=O)cc2)cc1. The number of rotatable bonds is 14. The van der Waals surface area contributed by atoms with E-state index < -0.39 is 6.09 Å². The molecule has 0 heterocycles. The second-order valence-electron chi connectivity index (χ2n) is 11.6. The molecule has 0 bridgehead atoms. The molecular weight excluding hydrogens is 560 g/mol. The monoisotopic (exact) mass is 602 g/mol. The molecule has 6 heteroatoms. The molecule has 0 saturated carbocycles. The lowest BCUT2D eigenvalue weighted by Crippen LogP contribution is -2.26. The molecule has 5 rings (SSSR count). The second kappa shape index (κ2) is 15.3. The minimum absolute atomic E-state index is 0.174. The summed E-state index contributed by atoms with van der Waals surface area (Å²) >= 11 is 0. The summed E-state index contributed by atoms with van der Waals surface area (Å²) < 4.78 is 5.58. The molecule has 1 aliphatic carbocycles. The molecule has 6 nitrogen and oxygen atoms in total. The van der Waals surface area contributed by atoms with Crippen LogP contribution in [-0.4, -0.2) is 24.2 Å². The first-order valence-electron chi connectivity index (χ1n) is 16.3. The van der Waals surface area contributed by atoms with E-state index in [1.54, 1.807) is 48.5 Å². The van der Waals surface area contributed by atoms with Crippen molar-refractivity contribution < 1.29 is 19.1 Å². The minimum atomic E-state index is -0.741. The Morgan fingerprint density at radius 2 is 1.18 bits per heavy atom. The molecule has 0 fully saturated rings. The highest BCUT2D eigenvalue weighted by atomic mass is 16.6. The summed E-state index contributed by atoms with van der Waals surface area (Å²) in [5.74, 6) is -0.186. The molecule has 1 aliphatic rings. The van der Waals surface area contributed by atoms with Gasteiger partial charge in [0.15, 0.2) is 11.6 Å². The average Bonchev–Trinajstić information content (AvgIpc) is 3.06. The molecule has 45 heavy (non-hydrogen) atoms. The van der Waals surface area contributed by atoms with Crippen LogP contribution in [-0.2, 0) is 6.42 Å². The Kier molecular flexibility index (Phi) is 10.8. The Bertz CT molecular complexity index is 1640. The van der Waals surface area contributed by atoms with Gasteiger partial charge in [-0.3, -0.25) is 14.9 Å². The maximum atomic E-state index is 13.6. The number of carbonyl (C=O) groups is 3. The topological polar surface area (TPSA) is 84.5 Å². The van der Waals surface area contributed by atoms with Gasteiger partial charge in [0.1, 0.15) is 5.75 Å². The van der Waals surface area contributed by atoms with E-state index in [2.05, 4.69) is 48.7 Å². The van der Waals surface area contributed by atoms with Crippen molar-refractivity contribution in [2.45, 2.75) is 71.6 Å². The largest absolute Gasteiger partial charge is 0.417 e. The van der Waals surface area contributed by atoms with Gasteiger partial charge in [-0.15, -0.1) is 0 Å². The van der Waals surface area contributed by atoms with E-state index in [4.69, 9.17) is 4.74 Å². The number of benzene rings is 4. The van der Waals surface area contributed by atoms with Crippen LogP contribution in [0.3, 0.4) is 0 Å². The summed E-state index contributed by atoms with van der Waals surface area (Å²) in [4.78, 5) is 40.2. The Labute approximate surface area is 266 Å². The summed E-state index contributed by atoms with van der Waals surface area (Å²) in [5, 5.41) is 6.01. The Balaban J connectivity index is 1.25. The fourth-order valence-electron chi connectivity index (χ4n) is 5.81. The number of anilines is 2. The summed E-state index contributed by atoms with van der Waals surface area (Å²) in [6.07, 6.45) is 10.0. The Morgan fingerprint density at radius 3 is 1.82 bits per heavy atom. The highest BCUT2D eigenvalue weighted by Crippen LogP contribution is 2.37. The molecule has 0 radical (unpaired) electrons. The first-order valence-corrected chi connectivity index (χ1v) is 16.3. The van der Waals surface area contributed by atoms with Gasteiger partial charge in [0, 0.05) is 23.4 Å². The van der Waals surface area contributed by atoms with Gasteiger partial charge in [-0.2, -0.15) is 0 Å². The number of ketones is 2. The van der Waals surface area contributed by atoms with E-state index in [1.807, 2.05) is 12.1 Å². The lowest BCUT2D eigenvalue weighted by Gasteiger charge is -2.23. The molecule has 1 amide bonds. The zero-order valence-corrected chi connectivity index (χ0v) is 26.3. The normalized spacial score (nSPS) is 12.0. The minimum Gasteiger partial charge on any atom is -0.410 e. The molecule has 0 spiro atoms. The van der Waals surface area contributed by atoms with Crippen LogP contribution in [0, 0.1) is 0 Å². The number of carbonyl (C=O) groups excluding carboxylic acids is 3. The lowest BCUT2D eigenvalue weighted by atomic mass is 9.82. The maximum absolute atomic E-state index is 13.6. The number of hydrogen-bond donors (Lipinski definition) is 2. The van der Waals surface area contributed by atoms with Crippen molar-refractivity contribution in [2.75, 3.05) is 17.2 Å². The van der Waals surface area contributed by atoms with Gasteiger partial charge in [-0.25, -0.2) is 4.79 Å². The smallest absolute Gasteiger partial charge is 0.410 e. The van der Waals surface area contributed by atoms with E-state index in [0.717, 1.165) is 30.4 Å². The number of amides is 1. The number of hydrogen-bond acceptors (Lipinski definition) is 5. The first-order chi connectivity index (χ1) is 22.0. The van der Waals surface area contributed by atoms with Crippen molar-refractivity contribution in [1.29, 1.82) is 0 Å². The van der Waals surface area contributed by atoms with E-state index in [9.17, 15) is 14.4 Å². The van der Waals surface area contributed by atoms with Crippen molar-refractivity contribution in [1.82, 2.24) is 0 Å². The molecule has 0 saturated heterocycles. The van der Waals surface area contributed by atoms with Crippen molar-refractivity contribution in [3.63, 3.8) is 0 Å². The molecule has 232 valence electrons. The molecule has 4 aromatic carbocycles. The van der Waals surface area contributed by atoms with Gasteiger partial charge in [0.25, 0.3) is 0 Å². The molecule has 4 aromatic rings. The number of ether oxygens (including phenoxy) is 1. The molecule has 0 unspecified atom stereocenters. The van der Waals surface area contributed by atoms with Crippen molar-refractivity contribution >= 4 is 29.0 Å². The van der Waals surface area contributed by atoms with Crippen LogP contribution in [0.5, 0.6) is 5.75 Å². The molecule has 0 aliphatic heterocycles. The maximum Gasteiger partial charge on any atom is 0.417 e. The van der Waals surface area contributed by atoms with Crippen LogP contribution in [0.4, 0.5) is 16.2 Å². The first kappa shape index (κ1) is 31.7. The van der Waals surface area contributed by atoms with Gasteiger partial charge in [0.2, 0.25) is 0 Å². The van der Waals surface area contributed by atoms with Gasteiger partial charge in [-0.05, 0) is 60.2 Å². The molecule has 2 N–H and O–H groups in total. The van der Waals surface area contributed by atoms with Crippen LogP contribution < -0.4 is 15.4 Å². The lowest BCUT2D eigenvalue weighted by molar-refractivity contribution is 0.0980. The predicted molar refractivity (Wildman–Crippen MR) is 182 cm³/mol. The average molecular weight is 603 g/mol. The Hall–Kier alpha value is -4.71. The van der Waals surface area contributed by atoms with Crippen molar-refractivity contribution in [3.05, 3.63) is 113 Å². The fourth-order valence-corrected chi connectivity index (χ4v) is 5.81. The third-order valence-corrected chi connectivity index (χ3v) is 8.33. The second-order valence-corrected chi connectivity index (χ2v) is 11.6. The van der Waals surface area contributed by atoms with Crippen molar-refractivity contribution in [2.24, 2.45) is 0 Å². The highest BCUT2D eigenvalue weighted by molar-refractivity contribution is 6.32. The fraction of sp³-hybridized carbons (Fsp3) is 0.308. The third kappa shape index (κ3) is 7.69. The zero-order valence-electron chi connectivity index (χ0n) is 26.3. The van der Waals surface area contributed by atoms with Gasteiger partial charge in [-0.1, -0.05) is 113 Å². The van der Waals surface area contributed by atoms with E-state index in [1.165, 1.54) is 44.1 Å².